The highest BCUT2D eigenvalue weighted by atomic mass is 15.3. The predicted molar refractivity (Wildman–Crippen MR) is 68.8 cm³/mol. The Morgan fingerprint density at radius 3 is 2.25 bits per heavy atom. The molecule has 16 heavy (non-hydrogen) atoms. The lowest BCUT2D eigenvalue weighted by atomic mass is 10.1. The lowest BCUT2D eigenvalue weighted by Gasteiger charge is -2.04. The van der Waals surface area contributed by atoms with Crippen LogP contribution in [0, 0.1) is 13.8 Å². The highest BCUT2D eigenvalue weighted by Crippen LogP contribution is 2.13. The zero-order chi connectivity index (χ0) is 12.1. The fourth-order valence-corrected chi connectivity index (χ4v) is 1.35. The molecule has 0 unspecified atom stereocenters. The van der Waals surface area contributed by atoms with E-state index in [1.54, 1.807) is 10.7 Å². The third-order valence-corrected chi connectivity index (χ3v) is 2.36. The summed E-state index contributed by atoms with van der Waals surface area (Å²) in [6.45, 7) is 8.18. The van der Waals surface area contributed by atoms with Crippen molar-refractivity contribution >= 4 is 5.82 Å². The number of aryl methyl sites for hydroxylation is 2. The first-order valence-electron chi connectivity index (χ1n) is 5.55. The molecule has 0 aliphatic rings. The molecule has 2 N–H and O–H groups in total. The van der Waals surface area contributed by atoms with Gasteiger partial charge in [0.1, 0.15) is 5.82 Å². The van der Waals surface area contributed by atoms with Gasteiger partial charge in [-0.25, -0.2) is 4.68 Å². The van der Waals surface area contributed by atoms with Crippen LogP contribution in [0.4, 0.5) is 5.82 Å². The standard InChI is InChI=1S/C11H13N3.C2H6/c1-8-3-4-10(7-9(8)2)14-6-5-11(12)13-14;1-2/h3-7H,1-2H3,(H2,12,13);1-2H3. The van der Waals surface area contributed by atoms with Crippen molar-refractivity contribution in [1.29, 1.82) is 0 Å². The van der Waals surface area contributed by atoms with Crippen LogP contribution < -0.4 is 5.73 Å². The minimum atomic E-state index is 0.545. The number of rotatable bonds is 1. The highest BCUT2D eigenvalue weighted by molar-refractivity contribution is 5.40. The zero-order valence-corrected chi connectivity index (χ0v) is 10.4. The van der Waals surface area contributed by atoms with Crippen molar-refractivity contribution in [3.05, 3.63) is 41.6 Å². The van der Waals surface area contributed by atoms with Crippen LogP contribution in [0.1, 0.15) is 25.0 Å². The summed E-state index contributed by atoms with van der Waals surface area (Å²) in [6.07, 6.45) is 1.86. The van der Waals surface area contributed by atoms with Gasteiger partial charge in [-0.1, -0.05) is 19.9 Å². The van der Waals surface area contributed by atoms with Crippen molar-refractivity contribution < 1.29 is 0 Å². The van der Waals surface area contributed by atoms with Gasteiger partial charge in [-0.05, 0) is 37.1 Å². The Morgan fingerprint density at radius 1 is 1.06 bits per heavy atom. The molecule has 1 aromatic carbocycles. The third-order valence-electron chi connectivity index (χ3n) is 2.36. The molecule has 0 aliphatic carbocycles. The van der Waals surface area contributed by atoms with E-state index in [2.05, 4.69) is 31.1 Å². The summed E-state index contributed by atoms with van der Waals surface area (Å²) >= 11 is 0. The second-order valence-corrected chi connectivity index (χ2v) is 3.45. The molecular formula is C13H19N3. The minimum absolute atomic E-state index is 0.545. The average Bonchev–Trinajstić information content (AvgIpc) is 2.72. The van der Waals surface area contributed by atoms with Crippen LogP contribution in [0.5, 0.6) is 0 Å². The number of benzene rings is 1. The SMILES string of the molecule is CC.Cc1ccc(-n2ccc(N)n2)cc1C. The van der Waals surface area contributed by atoms with Crippen molar-refractivity contribution in [3.8, 4) is 5.69 Å². The van der Waals surface area contributed by atoms with Gasteiger partial charge in [-0.15, -0.1) is 0 Å². The van der Waals surface area contributed by atoms with E-state index in [-0.39, 0.29) is 0 Å². The first kappa shape index (κ1) is 12.3. The molecular weight excluding hydrogens is 198 g/mol. The lowest BCUT2D eigenvalue weighted by molar-refractivity contribution is 0.883. The number of anilines is 1. The molecule has 0 atom stereocenters. The molecule has 0 amide bonds. The summed E-state index contributed by atoms with van der Waals surface area (Å²) in [7, 11) is 0. The molecule has 3 nitrogen and oxygen atoms in total. The molecule has 0 radical (unpaired) electrons. The molecule has 0 bridgehead atoms. The lowest BCUT2D eigenvalue weighted by Crippen LogP contribution is -1.97. The highest BCUT2D eigenvalue weighted by Gasteiger charge is 1.99. The molecule has 0 fully saturated rings. The van der Waals surface area contributed by atoms with Crippen LogP contribution in [0.15, 0.2) is 30.5 Å². The maximum absolute atomic E-state index is 5.55. The van der Waals surface area contributed by atoms with Gasteiger partial charge in [0.05, 0.1) is 5.69 Å². The topological polar surface area (TPSA) is 43.8 Å². The van der Waals surface area contributed by atoms with Crippen molar-refractivity contribution in [1.82, 2.24) is 9.78 Å². The van der Waals surface area contributed by atoms with E-state index in [0.29, 0.717) is 5.82 Å². The Labute approximate surface area is 96.9 Å². The number of nitrogens with zero attached hydrogens (tertiary/aromatic N) is 2. The van der Waals surface area contributed by atoms with Crippen LogP contribution >= 0.6 is 0 Å². The third kappa shape index (κ3) is 2.63. The zero-order valence-electron chi connectivity index (χ0n) is 10.4. The summed E-state index contributed by atoms with van der Waals surface area (Å²) in [5, 5.41) is 4.15. The van der Waals surface area contributed by atoms with E-state index in [0.717, 1.165) is 5.69 Å². The molecule has 86 valence electrons. The van der Waals surface area contributed by atoms with Gasteiger partial charge in [0.25, 0.3) is 0 Å². The van der Waals surface area contributed by atoms with Gasteiger partial charge in [0, 0.05) is 12.3 Å². The summed E-state index contributed by atoms with van der Waals surface area (Å²) in [4.78, 5) is 0. The molecule has 2 aromatic rings. The Balaban J connectivity index is 0.000000606. The van der Waals surface area contributed by atoms with Gasteiger partial charge in [-0.2, -0.15) is 5.10 Å². The van der Waals surface area contributed by atoms with Gasteiger partial charge in [0.15, 0.2) is 0 Å². The van der Waals surface area contributed by atoms with E-state index in [9.17, 15) is 0 Å². The van der Waals surface area contributed by atoms with Crippen molar-refractivity contribution in [2.24, 2.45) is 0 Å². The molecule has 3 heteroatoms. The number of nitrogens with two attached hydrogens (primary N) is 1. The quantitative estimate of drug-likeness (QED) is 0.797. The predicted octanol–water partition coefficient (Wildman–Crippen LogP) is 3.10. The van der Waals surface area contributed by atoms with E-state index in [1.807, 2.05) is 26.1 Å². The maximum Gasteiger partial charge on any atom is 0.145 e. The van der Waals surface area contributed by atoms with Crippen molar-refractivity contribution in [3.63, 3.8) is 0 Å². The fourth-order valence-electron chi connectivity index (χ4n) is 1.35. The van der Waals surface area contributed by atoms with Crippen LogP contribution in [0.3, 0.4) is 0 Å². The molecule has 2 rings (SSSR count). The molecule has 1 aromatic heterocycles. The normalized spacial score (nSPS) is 9.50. The number of aromatic nitrogens is 2. The van der Waals surface area contributed by atoms with E-state index in [4.69, 9.17) is 5.73 Å². The van der Waals surface area contributed by atoms with E-state index in [1.165, 1.54) is 11.1 Å². The van der Waals surface area contributed by atoms with Gasteiger partial charge >= 0.3 is 0 Å². The molecule has 0 aliphatic heterocycles. The van der Waals surface area contributed by atoms with Gasteiger partial charge in [-0.3, -0.25) is 0 Å². The Bertz CT molecular complexity index is 458. The molecule has 0 saturated heterocycles. The van der Waals surface area contributed by atoms with Crippen LogP contribution in [-0.2, 0) is 0 Å². The summed E-state index contributed by atoms with van der Waals surface area (Å²) in [6, 6.07) is 8.01. The fraction of sp³-hybridized carbons (Fsp3) is 0.308. The van der Waals surface area contributed by atoms with Crippen molar-refractivity contribution in [2.45, 2.75) is 27.7 Å². The minimum Gasteiger partial charge on any atom is -0.382 e. The molecule has 0 spiro atoms. The Hall–Kier alpha value is -1.77. The van der Waals surface area contributed by atoms with Gasteiger partial charge in [0.2, 0.25) is 0 Å². The first-order chi connectivity index (χ1) is 7.66. The average molecular weight is 217 g/mol. The largest absolute Gasteiger partial charge is 0.382 e. The van der Waals surface area contributed by atoms with Crippen LogP contribution in [0.2, 0.25) is 0 Å². The first-order valence-corrected chi connectivity index (χ1v) is 5.55. The van der Waals surface area contributed by atoms with Crippen LogP contribution in [-0.4, -0.2) is 9.78 Å². The smallest absolute Gasteiger partial charge is 0.145 e. The second-order valence-electron chi connectivity index (χ2n) is 3.45. The van der Waals surface area contributed by atoms with Gasteiger partial charge < -0.3 is 5.73 Å². The maximum atomic E-state index is 5.55. The number of hydrogen-bond acceptors (Lipinski definition) is 2. The summed E-state index contributed by atoms with van der Waals surface area (Å²) in [5.74, 6) is 0.545. The Morgan fingerprint density at radius 2 is 1.75 bits per heavy atom. The molecule has 1 heterocycles. The number of hydrogen-bond donors (Lipinski definition) is 1. The number of nitrogen functional groups attached to an aromatic ring is 1. The monoisotopic (exact) mass is 217 g/mol. The van der Waals surface area contributed by atoms with E-state index >= 15 is 0 Å². The van der Waals surface area contributed by atoms with Crippen molar-refractivity contribution in [2.75, 3.05) is 5.73 Å². The summed E-state index contributed by atoms with van der Waals surface area (Å²) in [5.41, 5.74) is 9.14. The molecule has 0 saturated carbocycles. The summed E-state index contributed by atoms with van der Waals surface area (Å²) < 4.78 is 1.78. The second kappa shape index (κ2) is 5.35. The van der Waals surface area contributed by atoms with E-state index < -0.39 is 0 Å². The van der Waals surface area contributed by atoms with Crippen LogP contribution in [0.25, 0.3) is 5.69 Å². The Kier molecular flexibility index (Phi) is 4.11.